The molecule has 0 bridgehead atoms. The molecule has 1 atom stereocenters. The molecule has 0 amide bonds. The van der Waals surface area contributed by atoms with Gasteiger partial charge in [0.25, 0.3) is 0 Å². The summed E-state index contributed by atoms with van der Waals surface area (Å²) in [6.07, 6.45) is 8.92. The highest BCUT2D eigenvalue weighted by atomic mass is 15.3. The average molecular weight is 245 g/mol. The fourth-order valence-electron chi connectivity index (χ4n) is 0.843. The summed E-state index contributed by atoms with van der Waals surface area (Å²) < 4.78 is 0. The number of hydrogen-bond acceptors (Lipinski definition) is 3. The topological polar surface area (TPSA) is 146 Å². The van der Waals surface area contributed by atoms with Gasteiger partial charge < -0.3 is 0 Å². The lowest BCUT2D eigenvalue weighted by molar-refractivity contribution is 0.852. The Labute approximate surface area is 103 Å². The van der Waals surface area contributed by atoms with Gasteiger partial charge in [0.15, 0.2) is 0 Å². The average Bonchev–Trinajstić information content (AvgIpc) is 2.34. The summed E-state index contributed by atoms with van der Waals surface area (Å²) in [6, 6.07) is -0.220. The Bertz CT molecular complexity index is 452. The number of allylic oxidation sites excluding steroid dienone is 4. The van der Waals surface area contributed by atoms with Gasteiger partial charge in [0, 0.05) is 14.7 Å². The predicted octanol–water partition coefficient (Wildman–Crippen LogP) is 4.30. The van der Waals surface area contributed by atoms with Gasteiger partial charge in [0.05, 0.1) is 6.04 Å². The van der Waals surface area contributed by atoms with Crippen LogP contribution >= 0.6 is 0 Å². The summed E-state index contributed by atoms with van der Waals surface area (Å²) in [5.41, 5.74) is 24.5. The Morgan fingerprint density at radius 3 is 1.78 bits per heavy atom. The first-order chi connectivity index (χ1) is 8.74. The van der Waals surface area contributed by atoms with Crippen molar-refractivity contribution in [3.63, 3.8) is 0 Å². The Kier molecular flexibility index (Phi) is 8.97. The molecule has 0 fully saturated rings. The molecule has 9 heteroatoms. The van der Waals surface area contributed by atoms with Crippen molar-refractivity contribution in [1.29, 1.82) is 0 Å². The third-order valence-electron chi connectivity index (χ3n) is 1.58. The van der Waals surface area contributed by atoms with Crippen LogP contribution in [-0.4, -0.2) is 12.2 Å². The second-order valence-corrected chi connectivity index (χ2v) is 2.92. The molecule has 0 aromatic carbocycles. The Morgan fingerprint density at radius 1 is 0.778 bits per heavy atom. The van der Waals surface area contributed by atoms with E-state index in [4.69, 9.17) is 16.6 Å². The maximum Gasteiger partial charge on any atom is 0.134 e. The minimum absolute atomic E-state index is 0.220. The number of hydrogen-bond donors (Lipinski definition) is 0. The first kappa shape index (κ1) is 15.1. The van der Waals surface area contributed by atoms with Crippen LogP contribution in [0.4, 0.5) is 0 Å². The molecule has 0 radical (unpaired) electrons. The minimum atomic E-state index is -0.879. The molecular formula is C9H11N9. The summed E-state index contributed by atoms with van der Waals surface area (Å²) >= 11 is 0. The molecular weight excluding hydrogens is 234 g/mol. The summed E-state index contributed by atoms with van der Waals surface area (Å²) in [5, 5.41) is 9.95. The van der Waals surface area contributed by atoms with Crippen molar-refractivity contribution in [2.24, 2.45) is 15.3 Å². The molecule has 0 saturated heterocycles. The maximum absolute atomic E-state index is 8.19. The van der Waals surface area contributed by atoms with Crippen molar-refractivity contribution >= 4 is 0 Å². The van der Waals surface area contributed by atoms with Crippen LogP contribution in [0, 0.1) is 0 Å². The highest BCUT2D eigenvalue weighted by molar-refractivity contribution is 5.13. The highest BCUT2D eigenvalue weighted by Gasteiger charge is 1.93. The lowest BCUT2D eigenvalue weighted by atomic mass is 10.3. The van der Waals surface area contributed by atoms with Gasteiger partial charge in [-0.25, -0.2) is 0 Å². The van der Waals surface area contributed by atoms with E-state index in [1.807, 2.05) is 0 Å². The van der Waals surface area contributed by atoms with Crippen LogP contribution in [0.25, 0.3) is 31.3 Å². The zero-order valence-electron chi connectivity index (χ0n) is 9.64. The van der Waals surface area contributed by atoms with Crippen LogP contribution in [-0.2, 0) is 0 Å². The van der Waals surface area contributed by atoms with Crippen molar-refractivity contribution in [2.45, 2.75) is 19.1 Å². The van der Waals surface area contributed by atoms with E-state index in [2.05, 4.69) is 30.1 Å². The summed E-state index contributed by atoms with van der Waals surface area (Å²) in [7, 11) is 0. The fraction of sp³-hybridized carbons (Fsp3) is 0.333. The van der Waals surface area contributed by atoms with Crippen molar-refractivity contribution in [3.8, 4) is 0 Å². The van der Waals surface area contributed by atoms with Crippen molar-refractivity contribution < 1.29 is 0 Å². The largest absolute Gasteiger partial charge is 0.134 e. The number of azide groups is 2. The lowest BCUT2D eigenvalue weighted by Gasteiger charge is -1.91. The zero-order valence-corrected chi connectivity index (χ0v) is 9.64. The van der Waals surface area contributed by atoms with E-state index in [1.54, 1.807) is 37.3 Å². The summed E-state index contributed by atoms with van der Waals surface area (Å²) in [6.45, 7) is 1.75. The third-order valence-corrected chi connectivity index (χ3v) is 1.58. The molecule has 0 saturated carbocycles. The fourth-order valence-corrected chi connectivity index (χ4v) is 0.843. The van der Waals surface area contributed by atoms with Crippen LogP contribution in [0.15, 0.2) is 51.8 Å². The van der Waals surface area contributed by atoms with Crippen LogP contribution in [0.1, 0.15) is 6.92 Å². The number of rotatable bonds is 7. The van der Waals surface area contributed by atoms with Gasteiger partial charge in [-0.2, -0.15) is 0 Å². The van der Waals surface area contributed by atoms with E-state index in [0.29, 0.717) is 0 Å². The Hall–Kier alpha value is -2.85. The molecule has 0 aromatic rings. The zero-order chi connectivity index (χ0) is 13.6. The van der Waals surface area contributed by atoms with Crippen molar-refractivity contribution in [1.82, 2.24) is 0 Å². The molecule has 0 rings (SSSR count). The van der Waals surface area contributed by atoms with Gasteiger partial charge in [-0.05, 0) is 16.6 Å². The number of nitrogens with zero attached hydrogens (tertiary/aromatic N) is 9. The first-order valence-corrected chi connectivity index (χ1v) is 4.89. The quantitative estimate of drug-likeness (QED) is 0.272. The Morgan fingerprint density at radius 2 is 1.28 bits per heavy atom. The van der Waals surface area contributed by atoms with Gasteiger partial charge >= 0.3 is 0 Å². The lowest BCUT2D eigenvalue weighted by Crippen LogP contribution is -1.89. The highest BCUT2D eigenvalue weighted by Crippen LogP contribution is 1.97. The molecule has 0 aromatic heterocycles. The van der Waals surface area contributed by atoms with Gasteiger partial charge in [0.2, 0.25) is 0 Å². The van der Waals surface area contributed by atoms with Gasteiger partial charge in [-0.3, -0.25) is 0 Å². The van der Waals surface area contributed by atoms with E-state index in [9.17, 15) is 0 Å². The van der Waals surface area contributed by atoms with Gasteiger partial charge in [0.1, 0.15) is 6.17 Å². The normalized spacial score (nSPS) is 13.8. The standard InChI is InChI=1S/C9H11N9/c1-8(13-16-10)6-4-2-3-5-7-9(14-17-11)15-18-12/h2-9H,1H3/b3-2+,6-4+,7-5+. The molecule has 9 nitrogen and oxygen atoms in total. The van der Waals surface area contributed by atoms with Crippen molar-refractivity contribution in [3.05, 3.63) is 67.8 Å². The first-order valence-electron chi connectivity index (χ1n) is 4.89. The molecule has 92 valence electrons. The smallest absolute Gasteiger partial charge is 0.0868 e. The van der Waals surface area contributed by atoms with E-state index in [-0.39, 0.29) is 6.04 Å². The summed E-state index contributed by atoms with van der Waals surface area (Å²) in [5.74, 6) is 0. The van der Waals surface area contributed by atoms with Gasteiger partial charge in [-0.15, -0.1) is 0 Å². The van der Waals surface area contributed by atoms with E-state index < -0.39 is 6.17 Å². The van der Waals surface area contributed by atoms with Crippen LogP contribution in [0.5, 0.6) is 0 Å². The van der Waals surface area contributed by atoms with Crippen LogP contribution in [0.3, 0.4) is 0 Å². The van der Waals surface area contributed by atoms with Crippen molar-refractivity contribution in [2.75, 3.05) is 0 Å². The molecule has 18 heavy (non-hydrogen) atoms. The molecule has 0 N–H and O–H groups in total. The monoisotopic (exact) mass is 245 g/mol. The molecule has 1 unspecified atom stereocenters. The van der Waals surface area contributed by atoms with E-state index in [0.717, 1.165) is 0 Å². The summed E-state index contributed by atoms with van der Waals surface area (Å²) in [4.78, 5) is 7.73. The van der Waals surface area contributed by atoms with Crippen LogP contribution in [0.2, 0.25) is 0 Å². The predicted molar refractivity (Wildman–Crippen MR) is 68.1 cm³/mol. The maximum atomic E-state index is 8.19. The van der Waals surface area contributed by atoms with E-state index in [1.165, 1.54) is 6.08 Å². The molecule has 0 aliphatic heterocycles. The molecule has 0 spiro atoms. The molecule has 0 aliphatic rings. The molecule has 0 heterocycles. The Balaban J connectivity index is 4.33. The second-order valence-electron chi connectivity index (χ2n) is 2.92. The van der Waals surface area contributed by atoms with Crippen LogP contribution < -0.4 is 0 Å². The SMILES string of the molecule is CC(/C=C/C=C/C=C/C(N=[N+]=[N-])N=[N+]=[N-])N=[N+]=[N-]. The third kappa shape index (κ3) is 8.46. The minimum Gasteiger partial charge on any atom is -0.0868 e. The van der Waals surface area contributed by atoms with E-state index >= 15 is 0 Å². The second kappa shape index (κ2) is 10.7. The van der Waals surface area contributed by atoms with Gasteiger partial charge in [-0.1, -0.05) is 58.7 Å². The molecule has 0 aliphatic carbocycles.